The average molecular weight is 167 g/mol. The molecule has 0 spiro atoms. The molecule has 0 rings (SSSR count). The van der Waals surface area contributed by atoms with Crippen LogP contribution in [0.25, 0.3) is 0 Å². The molecule has 3 nitrogen and oxygen atoms in total. The third kappa shape index (κ3) is 7.43. The van der Waals surface area contributed by atoms with Gasteiger partial charge in [0.2, 0.25) is 0 Å². The monoisotopic (exact) mass is 166 g/mol. The molecule has 0 aliphatic carbocycles. The lowest BCUT2D eigenvalue weighted by molar-refractivity contribution is -0.149. The summed E-state index contributed by atoms with van der Waals surface area (Å²) in [6, 6.07) is 0. The van der Waals surface area contributed by atoms with Crippen LogP contribution < -0.4 is 0 Å². The fraction of sp³-hybridized carbons (Fsp3) is 0.667. The lowest BCUT2D eigenvalue weighted by Crippen LogP contribution is -2.10. The summed E-state index contributed by atoms with van der Waals surface area (Å²) < 4.78 is 4.18. The summed E-state index contributed by atoms with van der Waals surface area (Å²) in [5, 5.41) is -1.08. The van der Waals surface area contributed by atoms with Gasteiger partial charge in [0, 0.05) is 0 Å². The van der Waals surface area contributed by atoms with Crippen LogP contribution in [0, 0.1) is 0 Å². The maximum atomic E-state index is 10.0. The molecule has 0 aromatic rings. The zero-order valence-electron chi connectivity index (χ0n) is 6.31. The molecule has 0 N–H and O–H groups in total. The largest absolute Gasteiger partial charge is 0.459 e. The van der Waals surface area contributed by atoms with Gasteiger partial charge in [-0.15, -0.1) is 0 Å². The van der Waals surface area contributed by atoms with E-state index in [9.17, 15) is 9.59 Å². The number of rotatable bonds is 2. The lowest BCUT2D eigenvalue weighted by Gasteiger charge is -1.91. The van der Waals surface area contributed by atoms with Gasteiger partial charge in [0.25, 0.3) is 0 Å². The molecular weight excluding hydrogens is 156 g/mol. The maximum absolute atomic E-state index is 10.0. The van der Waals surface area contributed by atoms with Crippen molar-refractivity contribution in [2.45, 2.75) is 20.8 Å². The van der Waals surface area contributed by atoms with Crippen molar-refractivity contribution in [1.29, 1.82) is 0 Å². The summed E-state index contributed by atoms with van der Waals surface area (Å²) in [5.41, 5.74) is 0. The van der Waals surface area contributed by atoms with Crippen LogP contribution in [0.3, 0.4) is 0 Å². The Kier molecular flexibility index (Phi) is 10.2. The highest BCUT2D eigenvalue weighted by molar-refractivity contribution is 6.80. The van der Waals surface area contributed by atoms with Gasteiger partial charge in [-0.05, 0) is 18.5 Å². The molecular formula is C6H11ClO3. The first-order chi connectivity index (χ1) is 4.68. The SMILES string of the molecule is CC.CCOC(=O)C(=O)Cl. The minimum atomic E-state index is -1.08. The first-order valence-corrected chi connectivity index (χ1v) is 3.43. The van der Waals surface area contributed by atoms with Crippen LogP contribution in [-0.2, 0) is 14.3 Å². The number of hydrogen-bond donors (Lipinski definition) is 0. The van der Waals surface area contributed by atoms with Crippen LogP contribution in [0.4, 0.5) is 0 Å². The van der Waals surface area contributed by atoms with Crippen molar-refractivity contribution < 1.29 is 14.3 Å². The molecule has 0 unspecified atom stereocenters. The molecule has 0 saturated heterocycles. The van der Waals surface area contributed by atoms with E-state index in [0.717, 1.165) is 0 Å². The lowest BCUT2D eigenvalue weighted by atomic mass is 10.7. The molecule has 0 saturated carbocycles. The summed E-state index contributed by atoms with van der Waals surface area (Å²) in [6.07, 6.45) is 0. The van der Waals surface area contributed by atoms with Gasteiger partial charge in [-0.1, -0.05) is 13.8 Å². The zero-order chi connectivity index (χ0) is 8.57. The van der Waals surface area contributed by atoms with Crippen molar-refractivity contribution in [3.05, 3.63) is 0 Å². The zero-order valence-corrected chi connectivity index (χ0v) is 7.07. The number of carbonyl (C=O) groups excluding carboxylic acids is 2. The highest BCUT2D eigenvalue weighted by Crippen LogP contribution is 1.83. The van der Waals surface area contributed by atoms with Crippen LogP contribution in [0.5, 0.6) is 0 Å². The van der Waals surface area contributed by atoms with E-state index < -0.39 is 11.2 Å². The van der Waals surface area contributed by atoms with Gasteiger partial charge in [0.15, 0.2) is 0 Å². The number of halogens is 1. The van der Waals surface area contributed by atoms with Gasteiger partial charge in [-0.3, -0.25) is 4.79 Å². The highest BCUT2D eigenvalue weighted by atomic mass is 35.5. The minimum absolute atomic E-state index is 0.178. The first kappa shape index (κ1) is 12.1. The minimum Gasteiger partial charge on any atom is -0.459 e. The molecule has 0 aliphatic heterocycles. The Morgan fingerprint density at radius 2 is 1.80 bits per heavy atom. The van der Waals surface area contributed by atoms with Crippen molar-refractivity contribution in [3.63, 3.8) is 0 Å². The van der Waals surface area contributed by atoms with E-state index in [-0.39, 0.29) is 6.61 Å². The fourth-order valence-corrected chi connectivity index (χ4v) is 0.242. The topological polar surface area (TPSA) is 43.4 Å². The summed E-state index contributed by atoms with van der Waals surface area (Å²) in [7, 11) is 0. The molecule has 0 aromatic carbocycles. The smallest absolute Gasteiger partial charge is 0.391 e. The molecule has 0 bridgehead atoms. The summed E-state index contributed by atoms with van der Waals surface area (Å²) in [5.74, 6) is -0.992. The van der Waals surface area contributed by atoms with E-state index in [2.05, 4.69) is 4.74 Å². The molecule has 0 radical (unpaired) electrons. The Labute approximate surface area is 65.3 Å². The highest BCUT2D eigenvalue weighted by Gasteiger charge is 2.08. The van der Waals surface area contributed by atoms with Crippen LogP contribution >= 0.6 is 11.6 Å². The van der Waals surface area contributed by atoms with E-state index >= 15 is 0 Å². The van der Waals surface area contributed by atoms with Crippen molar-refractivity contribution in [3.8, 4) is 0 Å². The van der Waals surface area contributed by atoms with Crippen molar-refractivity contribution in [2.24, 2.45) is 0 Å². The van der Waals surface area contributed by atoms with Gasteiger partial charge in [0.05, 0.1) is 6.61 Å². The van der Waals surface area contributed by atoms with E-state index in [0.29, 0.717) is 0 Å². The summed E-state index contributed by atoms with van der Waals surface area (Å²) >= 11 is 4.69. The van der Waals surface area contributed by atoms with E-state index in [1.165, 1.54) is 0 Å². The average Bonchev–Trinajstić information content (AvgIpc) is 1.93. The molecule has 4 heteroatoms. The number of carbonyl (C=O) groups is 2. The fourth-order valence-electron chi connectivity index (χ4n) is 0.188. The van der Waals surface area contributed by atoms with Crippen molar-refractivity contribution in [1.82, 2.24) is 0 Å². The second-order valence-corrected chi connectivity index (χ2v) is 1.34. The standard InChI is InChI=1S/C4H5ClO3.C2H6/c1-2-8-4(7)3(5)6;1-2/h2H2,1H3;1-2H3. The van der Waals surface area contributed by atoms with Crippen molar-refractivity contribution in [2.75, 3.05) is 6.61 Å². The number of ether oxygens (including phenoxy) is 1. The predicted molar refractivity (Wildman–Crippen MR) is 38.8 cm³/mol. The Morgan fingerprint density at radius 1 is 1.40 bits per heavy atom. The Morgan fingerprint density at radius 3 is 1.90 bits per heavy atom. The first-order valence-electron chi connectivity index (χ1n) is 3.05. The van der Waals surface area contributed by atoms with Gasteiger partial charge in [-0.25, -0.2) is 4.79 Å². The van der Waals surface area contributed by atoms with Crippen molar-refractivity contribution >= 4 is 22.8 Å². The molecule has 0 aliphatic rings. The molecule has 60 valence electrons. The van der Waals surface area contributed by atoms with Crippen LogP contribution in [0.1, 0.15) is 20.8 Å². The van der Waals surface area contributed by atoms with Crippen LogP contribution in [-0.4, -0.2) is 17.8 Å². The van der Waals surface area contributed by atoms with E-state index in [1.54, 1.807) is 6.92 Å². The number of esters is 1. The summed E-state index contributed by atoms with van der Waals surface area (Å²) in [6.45, 7) is 5.77. The molecule has 0 heterocycles. The van der Waals surface area contributed by atoms with Gasteiger partial charge in [0.1, 0.15) is 0 Å². The molecule has 0 aromatic heterocycles. The Balaban J connectivity index is 0. The van der Waals surface area contributed by atoms with Gasteiger partial charge >= 0.3 is 11.2 Å². The summed E-state index contributed by atoms with van der Waals surface area (Å²) in [4.78, 5) is 19.9. The van der Waals surface area contributed by atoms with E-state index in [4.69, 9.17) is 11.6 Å². The Hall–Kier alpha value is -0.570. The van der Waals surface area contributed by atoms with Gasteiger partial charge < -0.3 is 4.74 Å². The maximum Gasteiger partial charge on any atom is 0.391 e. The third-order valence-corrected chi connectivity index (χ3v) is 0.590. The second kappa shape index (κ2) is 8.43. The Bertz CT molecular complexity index is 112. The molecule has 10 heavy (non-hydrogen) atoms. The predicted octanol–water partition coefficient (Wildman–Crippen LogP) is 1.34. The molecule has 0 atom stereocenters. The quantitative estimate of drug-likeness (QED) is 0.353. The van der Waals surface area contributed by atoms with E-state index in [1.807, 2.05) is 13.8 Å². The third-order valence-electron chi connectivity index (χ3n) is 0.436. The second-order valence-electron chi connectivity index (χ2n) is 0.994. The normalized spacial score (nSPS) is 7.20. The van der Waals surface area contributed by atoms with Gasteiger partial charge in [-0.2, -0.15) is 0 Å². The number of hydrogen-bond acceptors (Lipinski definition) is 3. The van der Waals surface area contributed by atoms with Crippen LogP contribution in [0.2, 0.25) is 0 Å². The molecule has 0 amide bonds. The molecule has 0 fully saturated rings. The van der Waals surface area contributed by atoms with Crippen LogP contribution in [0.15, 0.2) is 0 Å².